The quantitative estimate of drug-likeness (QED) is 0.545. The van der Waals surface area contributed by atoms with Gasteiger partial charge in [-0.3, -0.25) is 4.98 Å². The third-order valence-corrected chi connectivity index (χ3v) is 4.26. The Morgan fingerprint density at radius 2 is 1.67 bits per heavy atom. The van der Waals surface area contributed by atoms with Crippen LogP contribution in [-0.4, -0.2) is 4.98 Å². The molecule has 122 valence electrons. The fraction of sp³-hybridized carbons (Fsp3) is 0.227. The largest absolute Gasteiger partial charge is 0.256 e. The minimum atomic E-state index is -0.202. The van der Waals surface area contributed by atoms with Gasteiger partial charge in [-0.2, -0.15) is 0 Å². The lowest BCUT2D eigenvalue weighted by Gasteiger charge is -2.08. The highest BCUT2D eigenvalue weighted by atomic mass is 19.1. The van der Waals surface area contributed by atoms with Crippen LogP contribution in [0.1, 0.15) is 30.9 Å². The first-order valence-corrected chi connectivity index (χ1v) is 8.49. The standard InChI is InChI=1S/C22H22FN/c1-3-4-5-17-7-9-18(10-8-17)20-14-19(11-12-21(20)23)22-13-6-16(2)15-24-22/h6-15H,3-5H2,1-2H3. The molecular formula is C22H22FN. The molecule has 0 aliphatic carbocycles. The van der Waals surface area contributed by atoms with Gasteiger partial charge in [0.2, 0.25) is 0 Å². The summed E-state index contributed by atoms with van der Waals surface area (Å²) in [5.74, 6) is -0.202. The van der Waals surface area contributed by atoms with Gasteiger partial charge < -0.3 is 0 Å². The van der Waals surface area contributed by atoms with E-state index in [1.165, 1.54) is 24.5 Å². The predicted molar refractivity (Wildman–Crippen MR) is 98.4 cm³/mol. The van der Waals surface area contributed by atoms with Crippen LogP contribution in [0.25, 0.3) is 22.4 Å². The van der Waals surface area contributed by atoms with Crippen LogP contribution in [0.4, 0.5) is 4.39 Å². The molecule has 0 unspecified atom stereocenters. The molecule has 0 spiro atoms. The Bertz CT molecular complexity index is 804. The summed E-state index contributed by atoms with van der Waals surface area (Å²) in [6.07, 6.45) is 5.28. The molecule has 1 nitrogen and oxygen atoms in total. The van der Waals surface area contributed by atoms with Gasteiger partial charge in [-0.25, -0.2) is 4.39 Å². The van der Waals surface area contributed by atoms with Crippen molar-refractivity contribution < 1.29 is 4.39 Å². The first kappa shape index (κ1) is 16.4. The molecule has 2 heteroatoms. The van der Waals surface area contributed by atoms with Crippen LogP contribution >= 0.6 is 0 Å². The minimum absolute atomic E-state index is 0.202. The number of pyridine rings is 1. The maximum Gasteiger partial charge on any atom is 0.131 e. The van der Waals surface area contributed by atoms with Crippen molar-refractivity contribution in [2.75, 3.05) is 0 Å². The average molecular weight is 319 g/mol. The van der Waals surface area contributed by atoms with Crippen LogP contribution < -0.4 is 0 Å². The van der Waals surface area contributed by atoms with Crippen LogP contribution in [0.2, 0.25) is 0 Å². The lowest BCUT2D eigenvalue weighted by molar-refractivity contribution is 0.631. The zero-order valence-electron chi connectivity index (χ0n) is 14.2. The number of aromatic nitrogens is 1. The molecule has 1 heterocycles. The van der Waals surface area contributed by atoms with Crippen molar-refractivity contribution in [1.82, 2.24) is 4.98 Å². The Labute approximate surface area is 143 Å². The molecular weight excluding hydrogens is 297 g/mol. The second-order valence-corrected chi connectivity index (χ2v) is 6.22. The molecule has 3 aromatic rings. The van der Waals surface area contributed by atoms with Crippen molar-refractivity contribution in [3.05, 3.63) is 77.7 Å². The molecule has 3 rings (SSSR count). The number of unbranched alkanes of at least 4 members (excludes halogenated alkanes) is 1. The fourth-order valence-corrected chi connectivity index (χ4v) is 2.78. The lowest BCUT2D eigenvalue weighted by atomic mass is 9.98. The molecule has 0 radical (unpaired) electrons. The van der Waals surface area contributed by atoms with Crippen molar-refractivity contribution in [3.8, 4) is 22.4 Å². The molecule has 0 atom stereocenters. The van der Waals surface area contributed by atoms with Crippen LogP contribution in [-0.2, 0) is 6.42 Å². The number of halogens is 1. The number of rotatable bonds is 5. The zero-order chi connectivity index (χ0) is 16.9. The topological polar surface area (TPSA) is 12.9 Å². The molecule has 0 bridgehead atoms. The highest BCUT2D eigenvalue weighted by molar-refractivity contribution is 5.72. The normalized spacial score (nSPS) is 10.8. The lowest BCUT2D eigenvalue weighted by Crippen LogP contribution is -1.90. The van der Waals surface area contributed by atoms with Crippen molar-refractivity contribution >= 4 is 0 Å². The van der Waals surface area contributed by atoms with E-state index < -0.39 is 0 Å². The summed E-state index contributed by atoms with van der Waals surface area (Å²) in [7, 11) is 0. The van der Waals surface area contributed by atoms with E-state index in [1.54, 1.807) is 6.07 Å². The molecule has 0 N–H and O–H groups in total. The Kier molecular flexibility index (Phi) is 5.05. The Balaban J connectivity index is 1.92. The van der Waals surface area contributed by atoms with Gasteiger partial charge in [0.25, 0.3) is 0 Å². The van der Waals surface area contributed by atoms with Crippen LogP contribution in [0, 0.1) is 12.7 Å². The number of hydrogen-bond acceptors (Lipinski definition) is 1. The van der Waals surface area contributed by atoms with E-state index in [2.05, 4.69) is 24.0 Å². The van der Waals surface area contributed by atoms with E-state index >= 15 is 0 Å². The van der Waals surface area contributed by atoms with E-state index in [1.807, 2.05) is 43.5 Å². The summed E-state index contributed by atoms with van der Waals surface area (Å²) in [5.41, 5.74) is 5.74. The van der Waals surface area contributed by atoms with Crippen LogP contribution in [0.15, 0.2) is 60.8 Å². The highest BCUT2D eigenvalue weighted by Gasteiger charge is 2.08. The van der Waals surface area contributed by atoms with Crippen molar-refractivity contribution in [3.63, 3.8) is 0 Å². The SMILES string of the molecule is CCCCc1ccc(-c2cc(-c3ccc(C)cn3)ccc2F)cc1. The van der Waals surface area contributed by atoms with E-state index in [9.17, 15) is 4.39 Å². The molecule has 0 amide bonds. The number of benzene rings is 2. The van der Waals surface area contributed by atoms with Gasteiger partial charge in [0, 0.05) is 17.3 Å². The number of nitrogens with zero attached hydrogens (tertiary/aromatic N) is 1. The fourth-order valence-electron chi connectivity index (χ4n) is 2.78. The average Bonchev–Trinajstić information content (AvgIpc) is 2.62. The maximum absolute atomic E-state index is 14.3. The minimum Gasteiger partial charge on any atom is -0.256 e. The summed E-state index contributed by atoms with van der Waals surface area (Å²) >= 11 is 0. The van der Waals surface area contributed by atoms with Gasteiger partial charge in [0.1, 0.15) is 5.82 Å². The van der Waals surface area contributed by atoms with Gasteiger partial charge >= 0.3 is 0 Å². The summed E-state index contributed by atoms with van der Waals surface area (Å²) in [4.78, 5) is 4.44. The summed E-state index contributed by atoms with van der Waals surface area (Å²) < 4.78 is 14.3. The molecule has 0 aliphatic rings. The predicted octanol–water partition coefficient (Wildman–Crippen LogP) is 6.21. The molecule has 0 saturated heterocycles. The van der Waals surface area contributed by atoms with Gasteiger partial charge in [-0.15, -0.1) is 0 Å². The molecule has 24 heavy (non-hydrogen) atoms. The van der Waals surface area contributed by atoms with Gasteiger partial charge in [0.05, 0.1) is 5.69 Å². The Morgan fingerprint density at radius 3 is 2.33 bits per heavy atom. The van der Waals surface area contributed by atoms with Crippen LogP contribution in [0.5, 0.6) is 0 Å². The molecule has 0 fully saturated rings. The van der Waals surface area contributed by atoms with E-state index in [4.69, 9.17) is 0 Å². The van der Waals surface area contributed by atoms with Crippen LogP contribution in [0.3, 0.4) is 0 Å². The van der Waals surface area contributed by atoms with Crippen molar-refractivity contribution in [2.45, 2.75) is 33.1 Å². The highest BCUT2D eigenvalue weighted by Crippen LogP contribution is 2.28. The molecule has 0 aliphatic heterocycles. The molecule has 2 aromatic carbocycles. The van der Waals surface area contributed by atoms with Crippen molar-refractivity contribution in [1.29, 1.82) is 0 Å². The first-order valence-electron chi connectivity index (χ1n) is 8.49. The van der Waals surface area contributed by atoms with Crippen molar-refractivity contribution in [2.24, 2.45) is 0 Å². The van der Waals surface area contributed by atoms with E-state index in [0.29, 0.717) is 5.56 Å². The molecule has 0 saturated carbocycles. The van der Waals surface area contributed by atoms with Gasteiger partial charge in [0.15, 0.2) is 0 Å². The second kappa shape index (κ2) is 7.39. The third-order valence-electron chi connectivity index (χ3n) is 4.26. The Hall–Kier alpha value is -2.48. The zero-order valence-corrected chi connectivity index (χ0v) is 14.2. The summed E-state index contributed by atoms with van der Waals surface area (Å²) in [6, 6.07) is 17.4. The smallest absolute Gasteiger partial charge is 0.131 e. The summed E-state index contributed by atoms with van der Waals surface area (Å²) in [5, 5.41) is 0. The summed E-state index contributed by atoms with van der Waals surface area (Å²) in [6.45, 7) is 4.20. The van der Waals surface area contributed by atoms with Gasteiger partial charge in [-0.05, 0) is 60.7 Å². The van der Waals surface area contributed by atoms with E-state index in [0.717, 1.165) is 28.8 Å². The third kappa shape index (κ3) is 3.70. The monoisotopic (exact) mass is 319 g/mol. The first-order chi connectivity index (χ1) is 11.7. The van der Waals surface area contributed by atoms with E-state index in [-0.39, 0.29) is 5.82 Å². The van der Waals surface area contributed by atoms with Gasteiger partial charge in [-0.1, -0.05) is 43.7 Å². The molecule has 1 aromatic heterocycles. The number of hydrogen-bond donors (Lipinski definition) is 0. The second-order valence-electron chi connectivity index (χ2n) is 6.22. The maximum atomic E-state index is 14.3. The number of aryl methyl sites for hydroxylation is 2. The Morgan fingerprint density at radius 1 is 0.917 bits per heavy atom.